The summed E-state index contributed by atoms with van der Waals surface area (Å²) in [5.74, 6) is -0.624. The van der Waals surface area contributed by atoms with Crippen molar-refractivity contribution in [2.75, 3.05) is 11.9 Å². The first-order valence-corrected chi connectivity index (χ1v) is 7.37. The second-order valence-electron chi connectivity index (χ2n) is 5.99. The van der Waals surface area contributed by atoms with Crippen LogP contribution in [0, 0.1) is 0 Å². The van der Waals surface area contributed by atoms with Crippen LogP contribution in [0.2, 0.25) is 0 Å². The van der Waals surface area contributed by atoms with Gasteiger partial charge in [0.05, 0.1) is 0 Å². The summed E-state index contributed by atoms with van der Waals surface area (Å²) in [5, 5.41) is 13.1. The minimum Gasteiger partial charge on any atom is -0.481 e. The van der Waals surface area contributed by atoms with Crippen molar-refractivity contribution in [2.24, 2.45) is 0 Å². The molecule has 1 saturated carbocycles. The molecule has 3 nitrogen and oxygen atoms in total. The molecule has 0 bridgehead atoms. The smallest absolute Gasteiger partial charge is 0.314 e. The van der Waals surface area contributed by atoms with Gasteiger partial charge >= 0.3 is 5.97 Å². The third-order valence-electron chi connectivity index (χ3n) is 4.87. The zero-order valence-corrected chi connectivity index (χ0v) is 11.7. The average molecular weight is 279 g/mol. The molecule has 0 amide bonds. The average Bonchev–Trinajstić information content (AvgIpc) is 3.11. The normalized spacial score (nSPS) is 26.0. The molecule has 2 atom stereocenters. The van der Waals surface area contributed by atoms with Gasteiger partial charge in [0.1, 0.15) is 5.41 Å². The van der Waals surface area contributed by atoms with Gasteiger partial charge in [0.15, 0.2) is 0 Å². The number of aliphatic carboxylic acids is 1. The molecular formula is C18H17NO2. The van der Waals surface area contributed by atoms with Crippen LogP contribution in [0.1, 0.15) is 29.0 Å². The molecule has 2 unspecified atom stereocenters. The third kappa shape index (κ3) is 1.77. The van der Waals surface area contributed by atoms with Gasteiger partial charge in [-0.15, -0.1) is 0 Å². The van der Waals surface area contributed by atoms with Gasteiger partial charge < -0.3 is 10.4 Å². The van der Waals surface area contributed by atoms with E-state index in [1.807, 2.05) is 30.3 Å². The Kier molecular flexibility index (Phi) is 2.58. The Labute approximate surface area is 123 Å². The maximum absolute atomic E-state index is 11.9. The summed E-state index contributed by atoms with van der Waals surface area (Å²) in [6, 6.07) is 16.0. The van der Waals surface area contributed by atoms with Crippen LogP contribution in [-0.4, -0.2) is 17.6 Å². The van der Waals surface area contributed by atoms with Crippen LogP contribution in [0.25, 0.3) is 0 Å². The number of benzene rings is 2. The van der Waals surface area contributed by atoms with Crippen LogP contribution >= 0.6 is 0 Å². The van der Waals surface area contributed by atoms with E-state index >= 15 is 0 Å². The van der Waals surface area contributed by atoms with E-state index in [-0.39, 0.29) is 5.92 Å². The lowest BCUT2D eigenvalue weighted by Crippen LogP contribution is -2.22. The number of hydrogen-bond acceptors (Lipinski definition) is 2. The highest BCUT2D eigenvalue weighted by Crippen LogP contribution is 2.60. The maximum atomic E-state index is 11.9. The minimum atomic E-state index is -0.735. The van der Waals surface area contributed by atoms with Crippen molar-refractivity contribution in [3.8, 4) is 0 Å². The van der Waals surface area contributed by atoms with Gasteiger partial charge in [-0.1, -0.05) is 42.5 Å². The summed E-state index contributed by atoms with van der Waals surface area (Å²) in [5.41, 5.74) is 3.85. The second kappa shape index (κ2) is 4.35. The Balaban J connectivity index is 1.73. The van der Waals surface area contributed by atoms with Crippen LogP contribution < -0.4 is 5.32 Å². The van der Waals surface area contributed by atoms with E-state index in [0.717, 1.165) is 24.1 Å². The first-order valence-electron chi connectivity index (χ1n) is 7.37. The fourth-order valence-corrected chi connectivity index (χ4v) is 3.62. The number of anilines is 1. The summed E-state index contributed by atoms with van der Waals surface area (Å²) in [6.45, 7) is 0.978. The molecule has 2 aliphatic rings. The van der Waals surface area contributed by atoms with Gasteiger partial charge in [0, 0.05) is 18.2 Å². The van der Waals surface area contributed by atoms with E-state index in [1.165, 1.54) is 11.3 Å². The summed E-state index contributed by atoms with van der Waals surface area (Å²) >= 11 is 0. The fraction of sp³-hybridized carbons (Fsp3) is 0.278. The number of carbonyl (C=O) groups is 1. The molecule has 1 aliphatic heterocycles. The molecular weight excluding hydrogens is 262 g/mol. The molecule has 2 aromatic rings. The number of carboxylic acids is 1. The molecule has 21 heavy (non-hydrogen) atoms. The Morgan fingerprint density at radius 2 is 2.00 bits per heavy atom. The highest BCUT2D eigenvalue weighted by atomic mass is 16.4. The Hall–Kier alpha value is -2.29. The van der Waals surface area contributed by atoms with Crippen molar-refractivity contribution in [3.63, 3.8) is 0 Å². The van der Waals surface area contributed by atoms with Crippen molar-refractivity contribution < 1.29 is 9.90 Å². The van der Waals surface area contributed by atoms with E-state index in [0.29, 0.717) is 6.42 Å². The monoisotopic (exact) mass is 279 g/mol. The molecule has 0 radical (unpaired) electrons. The SMILES string of the molecule is O=C(O)C1(c2ccccc2)CC1c1ccc2c(c1)CCN2. The van der Waals surface area contributed by atoms with Crippen molar-refractivity contribution in [1.82, 2.24) is 0 Å². The lowest BCUT2D eigenvalue weighted by atomic mass is 9.90. The van der Waals surface area contributed by atoms with Crippen LogP contribution in [0.5, 0.6) is 0 Å². The summed E-state index contributed by atoms with van der Waals surface area (Å²) in [4.78, 5) is 11.9. The Morgan fingerprint density at radius 1 is 1.19 bits per heavy atom. The molecule has 1 fully saturated rings. The van der Waals surface area contributed by atoms with Crippen LogP contribution in [0.4, 0.5) is 5.69 Å². The lowest BCUT2D eigenvalue weighted by Gasteiger charge is -2.13. The molecule has 106 valence electrons. The molecule has 2 N–H and O–H groups in total. The van der Waals surface area contributed by atoms with Gasteiger partial charge in [0.25, 0.3) is 0 Å². The lowest BCUT2D eigenvalue weighted by molar-refractivity contribution is -0.140. The summed E-state index contributed by atoms with van der Waals surface area (Å²) < 4.78 is 0. The fourth-order valence-electron chi connectivity index (χ4n) is 3.62. The number of fused-ring (bicyclic) bond motifs is 1. The number of hydrogen-bond donors (Lipinski definition) is 2. The summed E-state index contributed by atoms with van der Waals surface area (Å²) in [7, 11) is 0. The van der Waals surface area contributed by atoms with Gasteiger partial charge in [-0.3, -0.25) is 4.79 Å². The van der Waals surface area contributed by atoms with Gasteiger partial charge in [-0.2, -0.15) is 0 Å². The summed E-state index contributed by atoms with van der Waals surface area (Å²) in [6.07, 6.45) is 1.72. The molecule has 4 rings (SSSR count). The van der Waals surface area contributed by atoms with Crippen molar-refractivity contribution in [3.05, 3.63) is 65.2 Å². The van der Waals surface area contributed by atoms with E-state index < -0.39 is 11.4 Å². The van der Waals surface area contributed by atoms with Crippen molar-refractivity contribution >= 4 is 11.7 Å². The van der Waals surface area contributed by atoms with Gasteiger partial charge in [0.2, 0.25) is 0 Å². The first kappa shape index (κ1) is 12.5. The zero-order chi connectivity index (χ0) is 14.4. The number of rotatable bonds is 3. The predicted octanol–water partition coefficient (Wildman–Crippen LogP) is 3.16. The number of nitrogens with one attached hydrogen (secondary N) is 1. The largest absolute Gasteiger partial charge is 0.481 e. The van der Waals surface area contributed by atoms with Crippen LogP contribution in [0.3, 0.4) is 0 Å². The van der Waals surface area contributed by atoms with Crippen LogP contribution in [0.15, 0.2) is 48.5 Å². The highest BCUT2D eigenvalue weighted by molar-refractivity contribution is 5.88. The second-order valence-corrected chi connectivity index (χ2v) is 5.99. The third-order valence-corrected chi connectivity index (χ3v) is 4.87. The topological polar surface area (TPSA) is 49.3 Å². The van der Waals surface area contributed by atoms with Gasteiger partial charge in [-0.05, 0) is 35.6 Å². The Morgan fingerprint density at radius 3 is 2.76 bits per heavy atom. The van der Waals surface area contributed by atoms with E-state index in [2.05, 4.69) is 23.5 Å². The molecule has 0 spiro atoms. The van der Waals surface area contributed by atoms with Crippen LogP contribution in [-0.2, 0) is 16.6 Å². The molecule has 2 aromatic carbocycles. The maximum Gasteiger partial charge on any atom is 0.314 e. The number of carboxylic acid groups (broad SMARTS) is 1. The van der Waals surface area contributed by atoms with Crippen molar-refractivity contribution in [2.45, 2.75) is 24.2 Å². The standard InChI is InChI=1S/C18H17NO2/c20-17(21)18(14-4-2-1-3-5-14)11-15(18)12-6-7-16-13(10-12)8-9-19-16/h1-7,10,15,19H,8-9,11H2,(H,20,21). The molecule has 0 saturated heterocycles. The Bertz CT molecular complexity index is 710. The van der Waals surface area contributed by atoms with Crippen molar-refractivity contribution in [1.29, 1.82) is 0 Å². The van der Waals surface area contributed by atoms with E-state index in [9.17, 15) is 9.90 Å². The molecule has 1 heterocycles. The predicted molar refractivity (Wildman–Crippen MR) is 81.7 cm³/mol. The molecule has 3 heteroatoms. The minimum absolute atomic E-state index is 0.0864. The molecule has 0 aromatic heterocycles. The highest BCUT2D eigenvalue weighted by Gasteiger charge is 2.62. The van der Waals surface area contributed by atoms with Gasteiger partial charge in [-0.25, -0.2) is 0 Å². The quantitative estimate of drug-likeness (QED) is 0.907. The van der Waals surface area contributed by atoms with E-state index in [1.54, 1.807) is 0 Å². The first-order chi connectivity index (χ1) is 10.2. The molecule has 1 aliphatic carbocycles. The van der Waals surface area contributed by atoms with E-state index in [4.69, 9.17) is 0 Å². The zero-order valence-electron chi connectivity index (χ0n) is 11.7.